The van der Waals surface area contributed by atoms with E-state index in [1.54, 1.807) is 24.3 Å². The van der Waals surface area contributed by atoms with Crippen LogP contribution in [0, 0.1) is 0 Å². The molecule has 0 aliphatic heterocycles. The molecule has 0 spiro atoms. The smallest absolute Gasteiger partial charge is 0.404 e. The largest absolute Gasteiger partial charge is 0.494 e. The van der Waals surface area contributed by atoms with E-state index < -0.39 is 6.09 Å². The second-order valence-corrected chi connectivity index (χ2v) is 3.24. The number of aliphatic hydroxyl groups is 1. The Hall–Kier alpha value is -1.75. The number of amides is 1. The predicted octanol–water partition coefficient (Wildman–Crippen LogP) is 1.22. The summed E-state index contributed by atoms with van der Waals surface area (Å²) in [7, 11) is 0. The molecule has 1 rings (SSSR count). The van der Waals surface area contributed by atoms with Crippen LogP contribution in [0.25, 0.3) is 0 Å². The fraction of sp³-hybridized carbons (Fsp3) is 0.364. The average molecular weight is 225 g/mol. The number of benzene rings is 1. The van der Waals surface area contributed by atoms with Crippen LogP contribution in [-0.2, 0) is 6.61 Å². The minimum atomic E-state index is -1.02. The summed E-state index contributed by atoms with van der Waals surface area (Å²) in [6.07, 6.45) is -0.402. The Balaban J connectivity index is 2.19. The van der Waals surface area contributed by atoms with Crippen molar-refractivity contribution in [1.29, 1.82) is 0 Å². The Kier molecular flexibility index (Phi) is 5.15. The van der Waals surface area contributed by atoms with Crippen molar-refractivity contribution in [3.05, 3.63) is 29.8 Å². The second-order valence-electron chi connectivity index (χ2n) is 3.24. The van der Waals surface area contributed by atoms with Gasteiger partial charge in [-0.05, 0) is 24.1 Å². The maximum Gasteiger partial charge on any atom is 0.404 e. The van der Waals surface area contributed by atoms with Crippen LogP contribution in [0.2, 0.25) is 0 Å². The first kappa shape index (κ1) is 12.3. The van der Waals surface area contributed by atoms with Crippen LogP contribution in [0.5, 0.6) is 5.75 Å². The van der Waals surface area contributed by atoms with Crippen LogP contribution >= 0.6 is 0 Å². The molecule has 0 saturated carbocycles. The van der Waals surface area contributed by atoms with Gasteiger partial charge in [-0.25, -0.2) is 4.79 Å². The van der Waals surface area contributed by atoms with E-state index in [-0.39, 0.29) is 6.61 Å². The van der Waals surface area contributed by atoms with E-state index in [2.05, 4.69) is 5.32 Å². The highest BCUT2D eigenvalue weighted by atomic mass is 16.5. The molecular weight excluding hydrogens is 210 g/mol. The number of hydrogen-bond donors (Lipinski definition) is 3. The van der Waals surface area contributed by atoms with Gasteiger partial charge >= 0.3 is 6.09 Å². The molecule has 0 aliphatic carbocycles. The van der Waals surface area contributed by atoms with Crippen LogP contribution in [0.3, 0.4) is 0 Å². The number of aliphatic hydroxyl groups excluding tert-OH is 1. The summed E-state index contributed by atoms with van der Waals surface area (Å²) < 4.78 is 5.37. The molecule has 0 atom stereocenters. The molecule has 1 amide bonds. The highest BCUT2D eigenvalue weighted by molar-refractivity contribution is 5.64. The number of rotatable bonds is 6. The lowest BCUT2D eigenvalue weighted by molar-refractivity contribution is 0.193. The highest BCUT2D eigenvalue weighted by Gasteiger charge is 1.96. The second kappa shape index (κ2) is 6.68. The molecule has 1 aromatic carbocycles. The van der Waals surface area contributed by atoms with E-state index in [4.69, 9.17) is 14.9 Å². The van der Waals surface area contributed by atoms with Crippen LogP contribution in [0.15, 0.2) is 24.3 Å². The molecule has 0 fully saturated rings. The Morgan fingerprint density at radius 2 is 2.00 bits per heavy atom. The van der Waals surface area contributed by atoms with Crippen molar-refractivity contribution in [2.24, 2.45) is 0 Å². The first-order valence-corrected chi connectivity index (χ1v) is 5.02. The first-order valence-electron chi connectivity index (χ1n) is 5.02. The molecule has 1 aromatic rings. The van der Waals surface area contributed by atoms with E-state index in [1.165, 1.54) is 0 Å². The molecule has 3 N–H and O–H groups in total. The summed E-state index contributed by atoms with van der Waals surface area (Å²) in [5.41, 5.74) is 0.833. The van der Waals surface area contributed by atoms with Crippen LogP contribution in [0.4, 0.5) is 4.79 Å². The summed E-state index contributed by atoms with van der Waals surface area (Å²) >= 11 is 0. The van der Waals surface area contributed by atoms with Gasteiger partial charge in [-0.1, -0.05) is 12.1 Å². The quantitative estimate of drug-likeness (QED) is 0.636. The minimum absolute atomic E-state index is 0.0167. The summed E-state index contributed by atoms with van der Waals surface area (Å²) in [6.45, 7) is 0.853. The molecule has 0 aliphatic rings. The molecule has 88 valence electrons. The van der Waals surface area contributed by atoms with E-state index in [0.717, 1.165) is 5.56 Å². The molecule has 0 aromatic heterocycles. The lowest BCUT2D eigenvalue weighted by atomic mass is 10.2. The molecule has 0 heterocycles. The third-order valence-corrected chi connectivity index (χ3v) is 1.97. The third-order valence-electron chi connectivity index (χ3n) is 1.97. The lowest BCUT2D eigenvalue weighted by Gasteiger charge is -2.06. The zero-order valence-electron chi connectivity index (χ0n) is 8.85. The Morgan fingerprint density at radius 3 is 2.56 bits per heavy atom. The summed E-state index contributed by atoms with van der Waals surface area (Å²) in [5.74, 6) is 0.715. The maximum atomic E-state index is 10.1. The van der Waals surface area contributed by atoms with Gasteiger partial charge in [-0.3, -0.25) is 0 Å². The zero-order valence-corrected chi connectivity index (χ0v) is 8.85. The average Bonchev–Trinajstić information content (AvgIpc) is 2.29. The van der Waals surface area contributed by atoms with Crippen molar-refractivity contribution in [1.82, 2.24) is 5.32 Å². The highest BCUT2D eigenvalue weighted by Crippen LogP contribution is 2.12. The van der Waals surface area contributed by atoms with Crippen LogP contribution in [0.1, 0.15) is 12.0 Å². The molecule has 0 saturated heterocycles. The Labute approximate surface area is 93.7 Å². The van der Waals surface area contributed by atoms with Gasteiger partial charge < -0.3 is 20.3 Å². The summed E-state index contributed by atoms with van der Waals surface area (Å²) in [5, 5.41) is 19.4. The van der Waals surface area contributed by atoms with E-state index >= 15 is 0 Å². The number of carbonyl (C=O) groups is 1. The monoisotopic (exact) mass is 225 g/mol. The topological polar surface area (TPSA) is 78.8 Å². The third kappa shape index (κ3) is 4.65. The van der Waals surface area contributed by atoms with Crippen molar-refractivity contribution in [2.45, 2.75) is 13.0 Å². The number of ether oxygens (including phenoxy) is 1. The number of carboxylic acid groups (broad SMARTS) is 1. The predicted molar refractivity (Wildman–Crippen MR) is 58.5 cm³/mol. The van der Waals surface area contributed by atoms with Gasteiger partial charge in [0.05, 0.1) is 13.2 Å². The van der Waals surface area contributed by atoms with Gasteiger partial charge in [0.25, 0.3) is 0 Å². The molecule has 0 radical (unpaired) electrons. The lowest BCUT2D eigenvalue weighted by Crippen LogP contribution is -2.23. The molecular formula is C11H15NO4. The van der Waals surface area contributed by atoms with Crippen molar-refractivity contribution >= 4 is 6.09 Å². The molecule has 0 bridgehead atoms. The van der Waals surface area contributed by atoms with Crippen molar-refractivity contribution in [2.75, 3.05) is 13.2 Å². The van der Waals surface area contributed by atoms with Gasteiger partial charge in [0, 0.05) is 6.54 Å². The van der Waals surface area contributed by atoms with E-state index in [1.807, 2.05) is 0 Å². The van der Waals surface area contributed by atoms with Gasteiger partial charge in [0.1, 0.15) is 5.75 Å². The van der Waals surface area contributed by atoms with Crippen molar-refractivity contribution < 1.29 is 19.7 Å². The van der Waals surface area contributed by atoms with Gasteiger partial charge in [0.2, 0.25) is 0 Å². The fourth-order valence-electron chi connectivity index (χ4n) is 1.15. The Morgan fingerprint density at radius 1 is 1.31 bits per heavy atom. The van der Waals surface area contributed by atoms with Gasteiger partial charge in [-0.15, -0.1) is 0 Å². The van der Waals surface area contributed by atoms with E-state index in [0.29, 0.717) is 25.3 Å². The molecule has 16 heavy (non-hydrogen) atoms. The van der Waals surface area contributed by atoms with Gasteiger partial charge in [-0.2, -0.15) is 0 Å². The van der Waals surface area contributed by atoms with Crippen molar-refractivity contribution in [3.8, 4) is 5.75 Å². The molecule has 5 heteroatoms. The SMILES string of the molecule is O=C(O)NCCCOc1ccc(CO)cc1. The summed E-state index contributed by atoms with van der Waals surface area (Å²) in [6, 6.07) is 7.11. The standard InChI is InChI=1S/C11H15NO4/c13-8-9-2-4-10(5-3-9)16-7-1-6-12-11(14)15/h2-5,12-13H,1,6-8H2,(H,14,15). The zero-order chi connectivity index (χ0) is 11.8. The van der Waals surface area contributed by atoms with Crippen molar-refractivity contribution in [3.63, 3.8) is 0 Å². The maximum absolute atomic E-state index is 10.1. The fourth-order valence-corrected chi connectivity index (χ4v) is 1.15. The minimum Gasteiger partial charge on any atom is -0.494 e. The Bertz CT molecular complexity index is 323. The molecule has 0 unspecified atom stereocenters. The van der Waals surface area contributed by atoms with E-state index in [9.17, 15) is 4.79 Å². The first-order chi connectivity index (χ1) is 7.72. The number of hydrogen-bond acceptors (Lipinski definition) is 3. The van der Waals surface area contributed by atoms with Crippen LogP contribution < -0.4 is 10.1 Å². The molecule has 5 nitrogen and oxygen atoms in total. The van der Waals surface area contributed by atoms with Crippen LogP contribution in [-0.4, -0.2) is 29.5 Å². The van der Waals surface area contributed by atoms with Gasteiger partial charge in [0.15, 0.2) is 0 Å². The summed E-state index contributed by atoms with van der Waals surface area (Å²) in [4.78, 5) is 10.1. The number of nitrogens with one attached hydrogen (secondary N) is 1. The normalized spacial score (nSPS) is 9.81.